The maximum atomic E-state index is 4.42. The lowest BCUT2D eigenvalue weighted by Gasteiger charge is -2.53. The molecule has 2 aromatic rings. The van der Waals surface area contributed by atoms with Crippen LogP contribution in [0.4, 0.5) is 5.82 Å². The monoisotopic (exact) mass is 410 g/mol. The second-order valence-corrected chi connectivity index (χ2v) is 10.9. The van der Waals surface area contributed by atoms with Crippen molar-refractivity contribution in [1.29, 1.82) is 0 Å². The first-order valence-electron chi connectivity index (χ1n) is 11.5. The summed E-state index contributed by atoms with van der Waals surface area (Å²) in [6, 6.07) is 4.63. The Hall–Kier alpha value is -1.95. The third-order valence-corrected chi connectivity index (χ3v) is 7.59. The zero-order valence-corrected chi connectivity index (χ0v) is 19.6. The molecule has 0 radical (unpaired) electrons. The van der Waals surface area contributed by atoms with Crippen LogP contribution in [0, 0.1) is 23.7 Å². The van der Waals surface area contributed by atoms with E-state index in [-0.39, 0.29) is 0 Å². The van der Waals surface area contributed by atoms with Gasteiger partial charge in [-0.1, -0.05) is 27.7 Å². The maximum absolute atomic E-state index is 4.42. The van der Waals surface area contributed by atoms with Gasteiger partial charge in [0.1, 0.15) is 5.82 Å². The van der Waals surface area contributed by atoms with E-state index < -0.39 is 0 Å². The molecule has 2 fully saturated rings. The van der Waals surface area contributed by atoms with Crippen LogP contribution in [0.15, 0.2) is 18.3 Å². The molecule has 1 unspecified atom stereocenters. The summed E-state index contributed by atoms with van der Waals surface area (Å²) in [5, 5.41) is 16.8. The van der Waals surface area contributed by atoms with Gasteiger partial charge in [0.15, 0.2) is 0 Å². The van der Waals surface area contributed by atoms with Crippen LogP contribution in [-0.4, -0.2) is 50.6 Å². The van der Waals surface area contributed by atoms with Crippen LogP contribution in [-0.2, 0) is 7.05 Å². The summed E-state index contributed by atoms with van der Waals surface area (Å²) in [6.45, 7) is 15.2. The van der Waals surface area contributed by atoms with E-state index >= 15 is 0 Å². The van der Waals surface area contributed by atoms with Gasteiger partial charge in [0, 0.05) is 31.4 Å². The molecule has 0 amide bonds. The van der Waals surface area contributed by atoms with Crippen molar-refractivity contribution in [3.05, 3.63) is 24.0 Å². The molecule has 6 heteroatoms. The van der Waals surface area contributed by atoms with Gasteiger partial charge in [0.2, 0.25) is 0 Å². The standard InChI is InChI=1S/C24H38N6/c1-17(23(3,4)5)15-30-11-9-24(10-12-30)13-19(14-24)25-22-8-7-21(26-27-22)20-16-29(6)28-18(20)2/h7-8,16-17,19H,9-15H2,1-6H3,(H,25,27). The fraction of sp³-hybridized carbons (Fsp3) is 0.708. The normalized spacial score (nSPS) is 20.9. The number of aromatic nitrogens is 4. The molecule has 1 saturated heterocycles. The second-order valence-electron chi connectivity index (χ2n) is 10.9. The number of nitrogens with zero attached hydrogens (tertiary/aromatic N) is 5. The summed E-state index contributed by atoms with van der Waals surface area (Å²) in [5.74, 6) is 1.62. The van der Waals surface area contributed by atoms with Crippen LogP contribution in [0.1, 0.15) is 59.1 Å². The molecule has 3 heterocycles. The van der Waals surface area contributed by atoms with E-state index in [9.17, 15) is 0 Å². The number of hydrogen-bond acceptors (Lipinski definition) is 5. The van der Waals surface area contributed by atoms with E-state index in [2.05, 4.69) is 59.3 Å². The average Bonchev–Trinajstić information content (AvgIpc) is 3.00. The number of piperidine rings is 1. The molecule has 0 aromatic carbocycles. The third kappa shape index (κ3) is 4.53. The molecule has 1 spiro atoms. The fourth-order valence-corrected chi connectivity index (χ4v) is 4.98. The predicted octanol–water partition coefficient (Wildman–Crippen LogP) is 4.52. The van der Waals surface area contributed by atoms with Crippen LogP contribution in [0.5, 0.6) is 0 Å². The minimum Gasteiger partial charge on any atom is -0.366 e. The molecule has 4 rings (SSSR count). The number of likely N-dealkylation sites (tertiary alicyclic amines) is 1. The van der Waals surface area contributed by atoms with E-state index in [0.717, 1.165) is 28.7 Å². The van der Waals surface area contributed by atoms with Crippen molar-refractivity contribution >= 4 is 5.82 Å². The lowest BCUT2D eigenvalue weighted by Crippen LogP contribution is -2.52. The predicted molar refractivity (Wildman–Crippen MR) is 122 cm³/mol. The Balaban J connectivity index is 1.25. The molecule has 1 aliphatic carbocycles. The zero-order chi connectivity index (χ0) is 21.5. The molecule has 0 bridgehead atoms. The first-order valence-corrected chi connectivity index (χ1v) is 11.5. The van der Waals surface area contributed by atoms with Gasteiger partial charge in [0.25, 0.3) is 0 Å². The van der Waals surface area contributed by atoms with Gasteiger partial charge in [-0.3, -0.25) is 4.68 Å². The molecular weight excluding hydrogens is 372 g/mol. The van der Waals surface area contributed by atoms with Crippen molar-refractivity contribution in [2.45, 2.75) is 66.3 Å². The average molecular weight is 411 g/mol. The molecule has 30 heavy (non-hydrogen) atoms. The minimum absolute atomic E-state index is 0.396. The molecule has 1 saturated carbocycles. The summed E-state index contributed by atoms with van der Waals surface area (Å²) in [6.07, 6.45) is 7.21. The molecular formula is C24H38N6. The Morgan fingerprint density at radius 3 is 2.40 bits per heavy atom. The summed E-state index contributed by atoms with van der Waals surface area (Å²) in [7, 11) is 1.93. The Labute approximate surface area is 181 Å². The van der Waals surface area contributed by atoms with E-state index in [0.29, 0.717) is 16.9 Å². The van der Waals surface area contributed by atoms with Crippen molar-refractivity contribution in [2.24, 2.45) is 23.8 Å². The van der Waals surface area contributed by atoms with Crippen molar-refractivity contribution in [3.8, 4) is 11.3 Å². The summed E-state index contributed by atoms with van der Waals surface area (Å²) < 4.78 is 1.82. The highest BCUT2D eigenvalue weighted by atomic mass is 15.3. The van der Waals surface area contributed by atoms with Crippen molar-refractivity contribution in [2.75, 3.05) is 25.0 Å². The topological polar surface area (TPSA) is 58.9 Å². The number of anilines is 1. The summed E-state index contributed by atoms with van der Waals surface area (Å²) in [5.41, 5.74) is 3.86. The van der Waals surface area contributed by atoms with Crippen molar-refractivity contribution in [3.63, 3.8) is 0 Å². The Morgan fingerprint density at radius 2 is 1.87 bits per heavy atom. The first kappa shape index (κ1) is 21.3. The number of aryl methyl sites for hydroxylation is 2. The van der Waals surface area contributed by atoms with Crippen LogP contribution in [0.25, 0.3) is 11.3 Å². The van der Waals surface area contributed by atoms with E-state index in [1.807, 2.05) is 30.9 Å². The lowest BCUT2D eigenvalue weighted by molar-refractivity contribution is 0.0129. The molecule has 1 aliphatic heterocycles. The molecule has 2 aliphatic rings. The smallest absolute Gasteiger partial charge is 0.148 e. The molecule has 1 N–H and O–H groups in total. The highest BCUT2D eigenvalue weighted by Gasteiger charge is 2.46. The van der Waals surface area contributed by atoms with Gasteiger partial charge in [-0.05, 0) is 74.6 Å². The van der Waals surface area contributed by atoms with Crippen molar-refractivity contribution < 1.29 is 0 Å². The molecule has 2 aromatic heterocycles. The number of nitrogens with one attached hydrogen (secondary N) is 1. The van der Waals surface area contributed by atoms with Gasteiger partial charge in [-0.15, -0.1) is 10.2 Å². The quantitative estimate of drug-likeness (QED) is 0.785. The Morgan fingerprint density at radius 1 is 1.17 bits per heavy atom. The summed E-state index contributed by atoms with van der Waals surface area (Å²) >= 11 is 0. The Bertz CT molecular complexity index is 847. The minimum atomic E-state index is 0.396. The number of hydrogen-bond donors (Lipinski definition) is 1. The highest BCUT2D eigenvalue weighted by Crippen LogP contribution is 2.50. The molecule has 1 atom stereocenters. The largest absolute Gasteiger partial charge is 0.366 e. The van der Waals surface area contributed by atoms with Crippen LogP contribution in [0.2, 0.25) is 0 Å². The van der Waals surface area contributed by atoms with Gasteiger partial charge < -0.3 is 10.2 Å². The third-order valence-electron chi connectivity index (χ3n) is 7.59. The summed E-state index contributed by atoms with van der Waals surface area (Å²) in [4.78, 5) is 2.69. The van der Waals surface area contributed by atoms with Crippen LogP contribution < -0.4 is 5.32 Å². The second kappa shape index (κ2) is 7.95. The Kier molecular flexibility index (Phi) is 5.64. The van der Waals surface area contributed by atoms with Gasteiger partial charge in [-0.25, -0.2) is 0 Å². The maximum Gasteiger partial charge on any atom is 0.148 e. The SMILES string of the molecule is Cc1nn(C)cc1-c1ccc(NC2CC3(CCN(CC(C)C(C)(C)C)CC3)C2)nn1. The van der Waals surface area contributed by atoms with Gasteiger partial charge in [-0.2, -0.15) is 5.10 Å². The molecule has 164 valence electrons. The van der Waals surface area contributed by atoms with Crippen LogP contribution in [0.3, 0.4) is 0 Å². The fourth-order valence-electron chi connectivity index (χ4n) is 4.98. The van der Waals surface area contributed by atoms with Crippen LogP contribution >= 0.6 is 0 Å². The molecule has 6 nitrogen and oxygen atoms in total. The van der Waals surface area contributed by atoms with E-state index in [1.54, 1.807) is 0 Å². The zero-order valence-electron chi connectivity index (χ0n) is 19.6. The highest BCUT2D eigenvalue weighted by molar-refractivity contribution is 5.61. The van der Waals surface area contributed by atoms with Crippen molar-refractivity contribution in [1.82, 2.24) is 24.9 Å². The lowest BCUT2D eigenvalue weighted by atomic mass is 9.60. The first-order chi connectivity index (χ1) is 14.1. The van der Waals surface area contributed by atoms with E-state index in [1.165, 1.54) is 45.3 Å². The van der Waals surface area contributed by atoms with Gasteiger partial charge >= 0.3 is 0 Å². The van der Waals surface area contributed by atoms with Gasteiger partial charge in [0.05, 0.1) is 11.4 Å². The van der Waals surface area contributed by atoms with E-state index in [4.69, 9.17) is 0 Å². The number of rotatable bonds is 5.